The molecule has 0 radical (unpaired) electrons. The molecule has 4 N–H and O–H groups in total. The van der Waals surface area contributed by atoms with E-state index in [9.17, 15) is 9.18 Å². The number of carbonyl (C=O) groups is 1. The summed E-state index contributed by atoms with van der Waals surface area (Å²) in [6.07, 6.45) is 6.92. The molecule has 0 aliphatic heterocycles. The van der Waals surface area contributed by atoms with E-state index in [-0.39, 0.29) is 17.7 Å². The van der Waals surface area contributed by atoms with Crippen LogP contribution in [-0.2, 0) is 4.79 Å². The molecule has 0 bridgehead atoms. The molecule has 1 fully saturated rings. The van der Waals surface area contributed by atoms with E-state index in [0.29, 0.717) is 39.6 Å². The van der Waals surface area contributed by atoms with Crippen LogP contribution < -0.4 is 16.2 Å². The van der Waals surface area contributed by atoms with Crippen molar-refractivity contribution in [3.8, 4) is 17.0 Å². The highest BCUT2D eigenvalue weighted by Gasteiger charge is 2.27. The van der Waals surface area contributed by atoms with Gasteiger partial charge in [-0.05, 0) is 56.7 Å². The van der Waals surface area contributed by atoms with E-state index in [1.807, 2.05) is 10.8 Å². The number of methoxy groups -OCH3 is 1. The molecule has 0 atom stereocenters. The van der Waals surface area contributed by atoms with Crippen molar-refractivity contribution in [2.45, 2.75) is 38.6 Å². The topological polar surface area (TPSA) is 122 Å². The number of carbonyl (C=O) groups excluding carboxylic acids is 1. The van der Waals surface area contributed by atoms with Crippen molar-refractivity contribution in [2.24, 2.45) is 11.7 Å². The number of anilines is 1. The van der Waals surface area contributed by atoms with Crippen molar-refractivity contribution in [2.75, 3.05) is 12.8 Å². The fourth-order valence-corrected chi connectivity index (χ4v) is 4.21. The zero-order chi connectivity index (χ0) is 22.1. The highest BCUT2D eigenvalue weighted by atomic mass is 19.1. The van der Waals surface area contributed by atoms with Crippen LogP contribution in [0.1, 0.15) is 38.6 Å². The number of halogens is 1. The molecule has 0 unspecified atom stereocenters. The second kappa shape index (κ2) is 8.33. The maximum atomic E-state index is 14.3. The largest absolute Gasteiger partial charge is 0.494 e. The van der Waals surface area contributed by atoms with E-state index in [1.54, 1.807) is 19.1 Å². The Morgan fingerprint density at radius 1 is 1.26 bits per heavy atom. The van der Waals surface area contributed by atoms with Crippen LogP contribution in [0.2, 0.25) is 0 Å². The number of ether oxygens (including phenoxy) is 1. The maximum Gasteiger partial charge on any atom is 0.244 e. The van der Waals surface area contributed by atoms with Gasteiger partial charge in [0.2, 0.25) is 5.91 Å². The van der Waals surface area contributed by atoms with E-state index in [1.165, 1.54) is 19.5 Å². The molecule has 2 aromatic heterocycles. The van der Waals surface area contributed by atoms with E-state index in [4.69, 9.17) is 21.3 Å². The summed E-state index contributed by atoms with van der Waals surface area (Å²) in [4.78, 5) is 19.9. The highest BCUT2D eigenvalue weighted by Crippen LogP contribution is 2.38. The van der Waals surface area contributed by atoms with Crippen LogP contribution in [-0.4, -0.2) is 32.8 Å². The summed E-state index contributed by atoms with van der Waals surface area (Å²) in [6, 6.07) is 4.81. The van der Waals surface area contributed by atoms with Crippen molar-refractivity contribution in [1.82, 2.24) is 19.7 Å². The molecule has 3 aromatic rings. The molecule has 4 rings (SSSR count). The number of nitrogen functional groups attached to an aromatic ring is 1. The molecular formula is C22H25FN6O2. The van der Waals surface area contributed by atoms with Crippen molar-refractivity contribution in [3.05, 3.63) is 42.0 Å². The third kappa shape index (κ3) is 3.95. The lowest BCUT2D eigenvalue weighted by Gasteiger charge is -2.27. The fourth-order valence-electron chi connectivity index (χ4n) is 4.21. The molecule has 1 saturated carbocycles. The van der Waals surface area contributed by atoms with Crippen LogP contribution >= 0.6 is 0 Å². The van der Waals surface area contributed by atoms with Gasteiger partial charge in [0.25, 0.3) is 0 Å². The van der Waals surface area contributed by atoms with Crippen molar-refractivity contribution < 1.29 is 13.9 Å². The normalized spacial score (nSPS) is 19.5. The van der Waals surface area contributed by atoms with Crippen LogP contribution in [0.15, 0.2) is 36.2 Å². The van der Waals surface area contributed by atoms with Gasteiger partial charge in [-0.3, -0.25) is 4.79 Å². The molecule has 1 aliphatic rings. The Morgan fingerprint density at radius 2 is 2.00 bits per heavy atom. The van der Waals surface area contributed by atoms with Gasteiger partial charge in [-0.25, -0.2) is 19.0 Å². The summed E-state index contributed by atoms with van der Waals surface area (Å²) in [5.74, 6) is -0.0927. The van der Waals surface area contributed by atoms with Crippen LogP contribution in [0.3, 0.4) is 0 Å². The van der Waals surface area contributed by atoms with Crippen molar-refractivity contribution in [3.63, 3.8) is 0 Å². The van der Waals surface area contributed by atoms with E-state index < -0.39 is 5.82 Å². The van der Waals surface area contributed by atoms with Gasteiger partial charge in [-0.2, -0.15) is 5.10 Å². The van der Waals surface area contributed by atoms with Crippen LogP contribution in [0, 0.1) is 11.7 Å². The Kier molecular flexibility index (Phi) is 5.58. The van der Waals surface area contributed by atoms with Gasteiger partial charge in [0, 0.05) is 11.1 Å². The Balaban J connectivity index is 1.69. The number of amides is 1. The predicted octanol–water partition coefficient (Wildman–Crippen LogP) is 3.39. The van der Waals surface area contributed by atoms with Gasteiger partial charge in [0.05, 0.1) is 18.5 Å². The summed E-state index contributed by atoms with van der Waals surface area (Å²) in [5.41, 5.74) is 13.9. The minimum absolute atomic E-state index is 0.118. The van der Waals surface area contributed by atoms with Crippen LogP contribution in [0.5, 0.6) is 5.75 Å². The molecule has 8 nitrogen and oxygen atoms in total. The third-order valence-corrected chi connectivity index (χ3v) is 5.90. The Labute approximate surface area is 179 Å². The van der Waals surface area contributed by atoms with Crippen LogP contribution in [0.4, 0.5) is 10.2 Å². The molecule has 1 aliphatic carbocycles. The molecule has 1 amide bonds. The quantitative estimate of drug-likeness (QED) is 0.606. The number of allylic oxidation sites excluding steroid dienone is 1. The molecule has 162 valence electrons. The number of nitrogens with zero attached hydrogens (tertiary/aromatic N) is 4. The molecule has 0 saturated heterocycles. The summed E-state index contributed by atoms with van der Waals surface area (Å²) < 4.78 is 21.2. The van der Waals surface area contributed by atoms with Crippen molar-refractivity contribution >= 4 is 22.8 Å². The summed E-state index contributed by atoms with van der Waals surface area (Å²) in [6.45, 7) is 1.75. The molecule has 9 heteroatoms. The summed E-state index contributed by atoms with van der Waals surface area (Å²) >= 11 is 0. The van der Waals surface area contributed by atoms with E-state index in [0.717, 1.165) is 25.7 Å². The predicted molar refractivity (Wildman–Crippen MR) is 116 cm³/mol. The maximum absolute atomic E-state index is 14.3. The number of nitrogens with two attached hydrogens (primary N) is 2. The van der Waals surface area contributed by atoms with Crippen LogP contribution in [0.25, 0.3) is 22.3 Å². The lowest BCUT2D eigenvalue weighted by Crippen LogP contribution is -2.20. The Morgan fingerprint density at radius 3 is 2.65 bits per heavy atom. The van der Waals surface area contributed by atoms with Gasteiger partial charge >= 0.3 is 0 Å². The minimum atomic E-state index is -0.477. The van der Waals surface area contributed by atoms with Gasteiger partial charge in [0.1, 0.15) is 17.8 Å². The Hall–Kier alpha value is -3.49. The standard InChI is InChI=1S/C22H25FN6O2/c1-12(21(25)30)9-13-3-6-15(7-4-13)29-22-18(20(24)26-11-27-22)19(28-29)14-5-8-17(31-2)16(23)10-14/h5,8-11,13,15H,3-4,6-7H2,1-2H3,(H2,25,30)(H2,24,26,27). The smallest absolute Gasteiger partial charge is 0.244 e. The van der Waals surface area contributed by atoms with E-state index in [2.05, 4.69) is 9.97 Å². The number of rotatable bonds is 5. The first-order valence-corrected chi connectivity index (χ1v) is 10.2. The first-order chi connectivity index (χ1) is 14.9. The Bertz CT molecular complexity index is 1160. The second-order valence-corrected chi connectivity index (χ2v) is 7.88. The highest BCUT2D eigenvalue weighted by molar-refractivity contribution is 5.98. The molecule has 31 heavy (non-hydrogen) atoms. The number of aromatic nitrogens is 4. The van der Waals surface area contributed by atoms with Gasteiger partial charge in [-0.15, -0.1) is 0 Å². The fraction of sp³-hybridized carbons (Fsp3) is 0.364. The molecule has 2 heterocycles. The average molecular weight is 424 g/mol. The number of fused-ring (bicyclic) bond motifs is 1. The van der Waals surface area contributed by atoms with Gasteiger partial charge in [-0.1, -0.05) is 6.08 Å². The monoisotopic (exact) mass is 424 g/mol. The van der Waals surface area contributed by atoms with E-state index >= 15 is 0 Å². The lowest BCUT2D eigenvalue weighted by molar-refractivity contribution is -0.114. The first-order valence-electron chi connectivity index (χ1n) is 10.2. The summed E-state index contributed by atoms with van der Waals surface area (Å²) in [7, 11) is 1.42. The van der Waals surface area contributed by atoms with Crippen molar-refractivity contribution in [1.29, 1.82) is 0 Å². The zero-order valence-corrected chi connectivity index (χ0v) is 17.5. The number of hydrogen-bond acceptors (Lipinski definition) is 6. The minimum Gasteiger partial charge on any atom is -0.494 e. The average Bonchev–Trinajstić information content (AvgIpc) is 3.15. The third-order valence-electron chi connectivity index (χ3n) is 5.90. The zero-order valence-electron chi connectivity index (χ0n) is 17.5. The number of hydrogen-bond donors (Lipinski definition) is 2. The number of primary amides is 1. The van der Waals surface area contributed by atoms with Gasteiger partial charge in [0.15, 0.2) is 17.2 Å². The molecular weight excluding hydrogens is 399 g/mol. The number of benzene rings is 1. The van der Waals surface area contributed by atoms with Gasteiger partial charge < -0.3 is 16.2 Å². The first kappa shape index (κ1) is 20.8. The lowest BCUT2D eigenvalue weighted by atomic mass is 9.85. The molecule has 0 spiro atoms. The molecule has 1 aromatic carbocycles. The second-order valence-electron chi connectivity index (χ2n) is 7.88. The SMILES string of the molecule is COc1ccc(-c2nn(C3CCC(C=C(C)C(N)=O)CC3)c3ncnc(N)c23)cc1F. The summed E-state index contributed by atoms with van der Waals surface area (Å²) in [5, 5.41) is 5.40.